The zero-order chi connectivity index (χ0) is 11.0. The topological polar surface area (TPSA) is 105 Å². The van der Waals surface area contributed by atoms with Crippen molar-refractivity contribution in [3.05, 3.63) is 0 Å². The van der Waals surface area contributed by atoms with E-state index in [1.54, 1.807) is 0 Å². The summed E-state index contributed by atoms with van der Waals surface area (Å²) < 4.78 is 21.4. The molecular formula is C7H17N3O3S. The highest BCUT2D eigenvalue weighted by Gasteiger charge is 2.00. The molecule has 0 spiro atoms. The van der Waals surface area contributed by atoms with Crippen molar-refractivity contribution < 1.29 is 13.6 Å². The van der Waals surface area contributed by atoms with Gasteiger partial charge in [-0.2, -0.15) is 0 Å². The summed E-state index contributed by atoms with van der Waals surface area (Å²) in [7, 11) is -2.86. The van der Waals surface area contributed by atoms with Gasteiger partial charge in [-0.3, -0.25) is 0 Å². The summed E-state index contributed by atoms with van der Waals surface area (Å²) >= 11 is 0. The normalized spacial score (nSPS) is 13.1. The maximum absolute atomic E-state index is 10.7. The number of hydrogen-bond donors (Lipinski definition) is 3. The molecule has 0 heterocycles. The molecule has 0 aromatic heterocycles. The summed E-state index contributed by atoms with van der Waals surface area (Å²) in [4.78, 5) is 0. The maximum Gasteiger partial charge on any atom is 0.147 e. The van der Waals surface area contributed by atoms with Crippen LogP contribution in [-0.2, 0) is 9.84 Å². The summed E-state index contributed by atoms with van der Waals surface area (Å²) in [6.07, 6.45) is 2.24. The second-order valence-corrected chi connectivity index (χ2v) is 5.33. The van der Waals surface area contributed by atoms with Gasteiger partial charge in [0.2, 0.25) is 0 Å². The lowest BCUT2D eigenvalue weighted by atomic mass is 10.4. The molecule has 0 rings (SSSR count). The van der Waals surface area contributed by atoms with E-state index in [1.807, 2.05) is 0 Å². The van der Waals surface area contributed by atoms with Crippen LogP contribution in [0, 0.1) is 0 Å². The highest BCUT2D eigenvalue weighted by molar-refractivity contribution is 7.90. The molecule has 0 radical (unpaired) electrons. The van der Waals surface area contributed by atoms with Gasteiger partial charge in [-0.15, -0.1) is 0 Å². The van der Waals surface area contributed by atoms with Crippen molar-refractivity contribution in [2.45, 2.75) is 12.8 Å². The van der Waals surface area contributed by atoms with Gasteiger partial charge in [0.05, 0.1) is 5.75 Å². The number of oxime groups is 1. The summed E-state index contributed by atoms with van der Waals surface area (Å²) in [5.41, 5.74) is 5.22. The minimum atomic E-state index is -2.86. The van der Waals surface area contributed by atoms with Gasteiger partial charge >= 0.3 is 0 Å². The highest BCUT2D eigenvalue weighted by Crippen LogP contribution is 1.87. The van der Waals surface area contributed by atoms with Crippen molar-refractivity contribution in [2.75, 3.05) is 25.1 Å². The summed E-state index contributed by atoms with van der Waals surface area (Å²) in [6.45, 7) is 1.20. The van der Waals surface area contributed by atoms with E-state index in [0.717, 1.165) is 0 Å². The molecule has 0 saturated heterocycles. The zero-order valence-corrected chi connectivity index (χ0v) is 9.05. The number of hydrogen-bond acceptors (Lipinski definition) is 5. The molecule has 6 nitrogen and oxygen atoms in total. The van der Waals surface area contributed by atoms with Gasteiger partial charge in [-0.25, -0.2) is 8.42 Å². The first-order valence-electron chi connectivity index (χ1n) is 4.30. The fourth-order valence-electron chi connectivity index (χ4n) is 0.851. The average Bonchev–Trinajstić information content (AvgIpc) is 2.08. The zero-order valence-electron chi connectivity index (χ0n) is 8.23. The molecule has 0 unspecified atom stereocenters. The van der Waals surface area contributed by atoms with Gasteiger partial charge < -0.3 is 16.3 Å². The van der Waals surface area contributed by atoms with Crippen LogP contribution in [0.4, 0.5) is 0 Å². The van der Waals surface area contributed by atoms with Gasteiger partial charge in [-0.1, -0.05) is 5.16 Å². The third-order valence-corrected chi connectivity index (χ3v) is 2.59. The van der Waals surface area contributed by atoms with E-state index in [9.17, 15) is 8.42 Å². The van der Waals surface area contributed by atoms with Gasteiger partial charge in [0.15, 0.2) is 0 Å². The van der Waals surface area contributed by atoms with Crippen molar-refractivity contribution in [3.8, 4) is 0 Å². The van der Waals surface area contributed by atoms with Crippen molar-refractivity contribution in [3.63, 3.8) is 0 Å². The Morgan fingerprint density at radius 2 is 2.14 bits per heavy atom. The van der Waals surface area contributed by atoms with Gasteiger partial charge in [0, 0.05) is 19.2 Å². The van der Waals surface area contributed by atoms with Crippen LogP contribution < -0.4 is 11.1 Å². The SMILES string of the molecule is CS(=O)(=O)CCCNCCC(N)=NO. The third kappa shape index (κ3) is 9.27. The molecule has 84 valence electrons. The van der Waals surface area contributed by atoms with Crippen LogP contribution in [0.1, 0.15) is 12.8 Å². The molecule has 0 bridgehead atoms. The molecule has 0 aliphatic rings. The predicted molar refractivity (Wildman–Crippen MR) is 55.2 cm³/mol. The first kappa shape index (κ1) is 13.2. The van der Waals surface area contributed by atoms with Gasteiger partial charge in [0.25, 0.3) is 0 Å². The molecule has 7 heteroatoms. The standard InChI is InChI=1S/C7H17N3O3S/c1-14(12,13)6-2-4-9-5-3-7(8)10-11/h9,11H,2-6H2,1H3,(H2,8,10). The smallest absolute Gasteiger partial charge is 0.147 e. The van der Waals surface area contributed by atoms with E-state index in [-0.39, 0.29) is 11.6 Å². The van der Waals surface area contributed by atoms with E-state index in [4.69, 9.17) is 10.9 Å². The largest absolute Gasteiger partial charge is 0.409 e. The molecule has 0 fully saturated rings. The molecule has 0 aromatic carbocycles. The molecule has 0 amide bonds. The number of rotatable bonds is 7. The predicted octanol–water partition coefficient (Wildman–Crippen LogP) is -0.853. The van der Waals surface area contributed by atoms with Crippen LogP contribution in [0.5, 0.6) is 0 Å². The van der Waals surface area contributed by atoms with Gasteiger partial charge in [0.1, 0.15) is 15.7 Å². The van der Waals surface area contributed by atoms with Crippen LogP contribution in [0.25, 0.3) is 0 Å². The van der Waals surface area contributed by atoms with E-state index in [0.29, 0.717) is 25.9 Å². The Morgan fingerprint density at radius 3 is 2.64 bits per heavy atom. The first-order chi connectivity index (χ1) is 6.45. The van der Waals surface area contributed by atoms with E-state index >= 15 is 0 Å². The lowest BCUT2D eigenvalue weighted by Gasteiger charge is -2.02. The minimum absolute atomic E-state index is 0.167. The van der Waals surface area contributed by atoms with E-state index in [1.165, 1.54) is 6.26 Å². The average molecular weight is 223 g/mol. The number of nitrogens with zero attached hydrogens (tertiary/aromatic N) is 1. The Morgan fingerprint density at radius 1 is 1.50 bits per heavy atom. The minimum Gasteiger partial charge on any atom is -0.409 e. The fraction of sp³-hybridized carbons (Fsp3) is 0.857. The molecule has 4 N–H and O–H groups in total. The van der Waals surface area contributed by atoms with Crippen LogP contribution in [0.15, 0.2) is 5.16 Å². The highest BCUT2D eigenvalue weighted by atomic mass is 32.2. The Balaban J connectivity index is 3.31. The Kier molecular flexibility index (Phi) is 6.22. The molecule has 0 aromatic rings. The quantitative estimate of drug-likeness (QED) is 0.171. The number of nitrogens with two attached hydrogens (primary N) is 1. The van der Waals surface area contributed by atoms with Crippen LogP contribution in [0.3, 0.4) is 0 Å². The maximum atomic E-state index is 10.7. The second kappa shape index (κ2) is 6.61. The lowest BCUT2D eigenvalue weighted by molar-refractivity contribution is 0.316. The summed E-state index contributed by atoms with van der Waals surface area (Å²) in [6, 6.07) is 0. The Bertz CT molecular complexity index is 274. The molecular weight excluding hydrogens is 206 g/mol. The van der Waals surface area contributed by atoms with Crippen molar-refractivity contribution in [2.24, 2.45) is 10.9 Å². The van der Waals surface area contributed by atoms with Crippen LogP contribution in [-0.4, -0.2) is 44.6 Å². The number of amidine groups is 1. The molecule has 0 saturated carbocycles. The third-order valence-electron chi connectivity index (χ3n) is 1.56. The van der Waals surface area contributed by atoms with Crippen molar-refractivity contribution in [1.82, 2.24) is 5.32 Å². The molecule has 0 aliphatic carbocycles. The van der Waals surface area contributed by atoms with Crippen LogP contribution in [0.2, 0.25) is 0 Å². The first-order valence-corrected chi connectivity index (χ1v) is 6.36. The van der Waals surface area contributed by atoms with Crippen molar-refractivity contribution in [1.29, 1.82) is 0 Å². The molecule has 14 heavy (non-hydrogen) atoms. The lowest BCUT2D eigenvalue weighted by Crippen LogP contribution is -2.24. The number of sulfone groups is 1. The monoisotopic (exact) mass is 223 g/mol. The molecule has 0 aliphatic heterocycles. The second-order valence-electron chi connectivity index (χ2n) is 3.07. The summed E-state index contributed by atoms with van der Waals surface area (Å²) in [5, 5.41) is 14.0. The van der Waals surface area contributed by atoms with E-state index in [2.05, 4.69) is 10.5 Å². The Labute approximate surface area is 84.1 Å². The van der Waals surface area contributed by atoms with E-state index < -0.39 is 9.84 Å². The van der Waals surface area contributed by atoms with Crippen LogP contribution >= 0.6 is 0 Å². The summed E-state index contributed by atoms with van der Waals surface area (Å²) in [5.74, 6) is 0.351. The molecule has 0 atom stereocenters. The van der Waals surface area contributed by atoms with Gasteiger partial charge in [-0.05, 0) is 13.0 Å². The fourth-order valence-corrected chi connectivity index (χ4v) is 1.52. The van der Waals surface area contributed by atoms with Crippen molar-refractivity contribution >= 4 is 15.7 Å². The number of nitrogens with one attached hydrogen (secondary N) is 1. The Hall–Kier alpha value is -0.820.